The third-order valence-electron chi connectivity index (χ3n) is 2.05. The average molecular weight is 172 g/mol. The highest BCUT2D eigenvalue weighted by atomic mass is 16.6. The standard InChI is InChI=1S/C8H14O2.C2H6/c1-7(9)10-8(2)5-3-4-6-8;1-2/h3-6H2,1-2H3;1-2H3. The van der Waals surface area contributed by atoms with E-state index in [0.29, 0.717) is 0 Å². The Kier molecular flexibility index (Phi) is 4.95. The molecule has 0 amide bonds. The molecule has 1 aliphatic rings. The Balaban J connectivity index is 0.000000561. The number of carbonyl (C=O) groups is 1. The van der Waals surface area contributed by atoms with Gasteiger partial charge in [0.2, 0.25) is 0 Å². The maximum Gasteiger partial charge on any atom is 0.303 e. The molecule has 0 spiro atoms. The summed E-state index contributed by atoms with van der Waals surface area (Å²) in [6.07, 6.45) is 4.46. The summed E-state index contributed by atoms with van der Waals surface area (Å²) in [6.45, 7) is 7.49. The van der Waals surface area contributed by atoms with Crippen LogP contribution in [0, 0.1) is 0 Å². The first-order valence-corrected chi connectivity index (χ1v) is 4.82. The summed E-state index contributed by atoms with van der Waals surface area (Å²) in [5.74, 6) is -0.149. The number of hydrogen-bond acceptors (Lipinski definition) is 2. The van der Waals surface area contributed by atoms with Crippen molar-refractivity contribution >= 4 is 5.97 Å². The molecule has 2 nitrogen and oxygen atoms in total. The van der Waals surface area contributed by atoms with Gasteiger partial charge in [0, 0.05) is 6.92 Å². The molecule has 0 bridgehead atoms. The van der Waals surface area contributed by atoms with Crippen molar-refractivity contribution in [3.05, 3.63) is 0 Å². The minimum absolute atomic E-state index is 0.133. The summed E-state index contributed by atoms with van der Waals surface area (Å²) in [6, 6.07) is 0. The Morgan fingerprint density at radius 3 is 2.00 bits per heavy atom. The summed E-state index contributed by atoms with van der Waals surface area (Å²) < 4.78 is 5.16. The largest absolute Gasteiger partial charge is 0.460 e. The van der Waals surface area contributed by atoms with Crippen molar-refractivity contribution in [1.29, 1.82) is 0 Å². The van der Waals surface area contributed by atoms with Gasteiger partial charge in [-0.2, -0.15) is 0 Å². The first kappa shape index (κ1) is 11.5. The van der Waals surface area contributed by atoms with E-state index in [2.05, 4.69) is 0 Å². The first-order valence-electron chi connectivity index (χ1n) is 4.82. The lowest BCUT2D eigenvalue weighted by atomic mass is 10.1. The van der Waals surface area contributed by atoms with Crippen LogP contribution in [0.15, 0.2) is 0 Å². The predicted octanol–water partition coefficient (Wildman–Crippen LogP) is 2.91. The normalized spacial score (nSPS) is 19.3. The van der Waals surface area contributed by atoms with Crippen LogP contribution < -0.4 is 0 Å². The van der Waals surface area contributed by atoms with Crippen molar-refractivity contribution in [3.63, 3.8) is 0 Å². The third kappa shape index (κ3) is 3.74. The van der Waals surface area contributed by atoms with Gasteiger partial charge in [-0.25, -0.2) is 0 Å². The van der Waals surface area contributed by atoms with Crippen molar-refractivity contribution < 1.29 is 9.53 Å². The highest BCUT2D eigenvalue weighted by Crippen LogP contribution is 2.32. The first-order chi connectivity index (χ1) is 5.62. The van der Waals surface area contributed by atoms with Gasteiger partial charge in [0.1, 0.15) is 5.60 Å². The summed E-state index contributed by atoms with van der Waals surface area (Å²) in [4.78, 5) is 10.6. The predicted molar refractivity (Wildman–Crippen MR) is 50.0 cm³/mol. The van der Waals surface area contributed by atoms with Crippen LogP contribution in [0.1, 0.15) is 53.4 Å². The van der Waals surface area contributed by atoms with Gasteiger partial charge in [0.15, 0.2) is 0 Å². The second kappa shape index (κ2) is 5.18. The van der Waals surface area contributed by atoms with Gasteiger partial charge in [0.05, 0.1) is 0 Å². The molecule has 0 aromatic rings. The zero-order valence-corrected chi connectivity index (χ0v) is 8.64. The van der Waals surface area contributed by atoms with Crippen LogP contribution in [-0.4, -0.2) is 11.6 Å². The number of hydrogen-bond donors (Lipinski definition) is 0. The second-order valence-corrected chi connectivity index (χ2v) is 3.25. The molecule has 1 saturated carbocycles. The lowest BCUT2D eigenvalue weighted by molar-refractivity contribution is -0.154. The number of ether oxygens (including phenoxy) is 1. The fourth-order valence-electron chi connectivity index (χ4n) is 1.57. The highest BCUT2D eigenvalue weighted by molar-refractivity contribution is 5.66. The van der Waals surface area contributed by atoms with E-state index >= 15 is 0 Å². The maximum atomic E-state index is 10.6. The average Bonchev–Trinajstić information content (AvgIpc) is 2.38. The molecule has 1 rings (SSSR count). The summed E-state index contributed by atoms with van der Waals surface area (Å²) >= 11 is 0. The Morgan fingerprint density at radius 1 is 1.25 bits per heavy atom. The molecule has 0 unspecified atom stereocenters. The fourth-order valence-corrected chi connectivity index (χ4v) is 1.57. The van der Waals surface area contributed by atoms with Crippen LogP contribution in [0.5, 0.6) is 0 Å². The summed E-state index contributed by atoms with van der Waals surface area (Å²) in [5, 5.41) is 0. The quantitative estimate of drug-likeness (QED) is 0.568. The Labute approximate surface area is 75.3 Å². The van der Waals surface area contributed by atoms with Crippen LogP contribution in [0.3, 0.4) is 0 Å². The molecule has 0 aromatic heterocycles. The fraction of sp³-hybridized carbons (Fsp3) is 0.900. The van der Waals surface area contributed by atoms with E-state index in [1.165, 1.54) is 19.8 Å². The molecular weight excluding hydrogens is 152 g/mol. The molecular formula is C10H20O2. The zero-order chi connectivity index (χ0) is 9.61. The van der Waals surface area contributed by atoms with Crippen molar-refractivity contribution in [2.75, 3.05) is 0 Å². The van der Waals surface area contributed by atoms with Crippen LogP contribution in [0.4, 0.5) is 0 Å². The Bertz CT molecular complexity index is 135. The van der Waals surface area contributed by atoms with Gasteiger partial charge in [-0.15, -0.1) is 0 Å². The van der Waals surface area contributed by atoms with Gasteiger partial charge in [-0.05, 0) is 32.6 Å². The molecule has 2 heteroatoms. The molecule has 0 atom stereocenters. The van der Waals surface area contributed by atoms with Crippen LogP contribution >= 0.6 is 0 Å². The van der Waals surface area contributed by atoms with Gasteiger partial charge in [-0.3, -0.25) is 4.79 Å². The Hall–Kier alpha value is -0.530. The molecule has 12 heavy (non-hydrogen) atoms. The van der Waals surface area contributed by atoms with E-state index in [0.717, 1.165) is 12.8 Å². The summed E-state index contributed by atoms with van der Waals surface area (Å²) in [5.41, 5.74) is -0.133. The van der Waals surface area contributed by atoms with Crippen molar-refractivity contribution in [1.82, 2.24) is 0 Å². The van der Waals surface area contributed by atoms with Crippen LogP contribution in [0.2, 0.25) is 0 Å². The van der Waals surface area contributed by atoms with Crippen LogP contribution in [-0.2, 0) is 9.53 Å². The summed E-state index contributed by atoms with van der Waals surface area (Å²) in [7, 11) is 0. The van der Waals surface area contributed by atoms with E-state index in [9.17, 15) is 4.79 Å². The molecule has 1 fully saturated rings. The van der Waals surface area contributed by atoms with E-state index in [-0.39, 0.29) is 11.6 Å². The second-order valence-electron chi connectivity index (χ2n) is 3.25. The van der Waals surface area contributed by atoms with E-state index in [1.807, 2.05) is 20.8 Å². The molecule has 0 aliphatic heterocycles. The van der Waals surface area contributed by atoms with Gasteiger partial charge in [-0.1, -0.05) is 13.8 Å². The van der Waals surface area contributed by atoms with Gasteiger partial charge >= 0.3 is 5.97 Å². The van der Waals surface area contributed by atoms with E-state index in [4.69, 9.17) is 4.74 Å². The van der Waals surface area contributed by atoms with Gasteiger partial charge < -0.3 is 4.74 Å². The SMILES string of the molecule is CC.CC(=O)OC1(C)CCCC1. The van der Waals surface area contributed by atoms with E-state index < -0.39 is 0 Å². The lowest BCUT2D eigenvalue weighted by Gasteiger charge is -2.22. The lowest BCUT2D eigenvalue weighted by Crippen LogP contribution is -2.26. The molecule has 0 heterocycles. The van der Waals surface area contributed by atoms with E-state index in [1.54, 1.807) is 0 Å². The van der Waals surface area contributed by atoms with Crippen LogP contribution in [0.25, 0.3) is 0 Å². The zero-order valence-electron chi connectivity index (χ0n) is 8.64. The molecule has 1 aliphatic carbocycles. The highest BCUT2D eigenvalue weighted by Gasteiger charge is 2.31. The minimum Gasteiger partial charge on any atom is -0.460 e. The van der Waals surface area contributed by atoms with Crippen molar-refractivity contribution in [3.8, 4) is 0 Å². The molecule has 0 N–H and O–H groups in total. The molecule has 0 aromatic carbocycles. The molecule has 72 valence electrons. The minimum atomic E-state index is -0.149. The number of esters is 1. The van der Waals surface area contributed by atoms with Crippen molar-refractivity contribution in [2.45, 2.75) is 59.0 Å². The third-order valence-corrected chi connectivity index (χ3v) is 2.05. The van der Waals surface area contributed by atoms with Crippen molar-refractivity contribution in [2.24, 2.45) is 0 Å². The topological polar surface area (TPSA) is 26.3 Å². The monoisotopic (exact) mass is 172 g/mol. The smallest absolute Gasteiger partial charge is 0.303 e. The number of rotatable bonds is 1. The maximum absolute atomic E-state index is 10.6. The Morgan fingerprint density at radius 2 is 1.67 bits per heavy atom. The molecule has 0 radical (unpaired) electrons. The molecule has 0 saturated heterocycles. The number of carbonyl (C=O) groups excluding carboxylic acids is 1. The van der Waals surface area contributed by atoms with Gasteiger partial charge in [0.25, 0.3) is 0 Å².